The van der Waals surface area contributed by atoms with Gasteiger partial charge < -0.3 is 11.1 Å². The minimum absolute atomic E-state index is 0.0780. The molecule has 2 amide bonds. The maximum Gasteiger partial charge on any atom is 0.261 e. The van der Waals surface area contributed by atoms with E-state index < -0.39 is 21.8 Å². The third-order valence-electron chi connectivity index (χ3n) is 4.19. The van der Waals surface area contributed by atoms with Crippen LogP contribution in [0.4, 0.5) is 5.69 Å². The van der Waals surface area contributed by atoms with Crippen molar-refractivity contribution in [2.45, 2.75) is 11.4 Å². The topological polar surface area (TPSA) is 118 Å². The van der Waals surface area contributed by atoms with Crippen molar-refractivity contribution >= 4 is 39.1 Å². The van der Waals surface area contributed by atoms with Crippen LogP contribution < -0.4 is 15.8 Å². The number of hydrogen-bond acceptors (Lipinski definition) is 4. The molecule has 0 bridgehead atoms. The maximum absolute atomic E-state index is 12.7. The fourth-order valence-electron chi connectivity index (χ4n) is 2.67. The quantitative estimate of drug-likeness (QED) is 0.519. The number of hydrogen-bond donors (Lipinski definition) is 3. The molecule has 0 heterocycles. The number of carbonyl (C=O) groups is 2. The number of primary amides is 1. The number of amides is 2. The molecule has 0 aliphatic heterocycles. The van der Waals surface area contributed by atoms with Gasteiger partial charge in [-0.2, -0.15) is 0 Å². The Labute approximate surface area is 178 Å². The van der Waals surface area contributed by atoms with E-state index in [1.54, 1.807) is 42.5 Å². The van der Waals surface area contributed by atoms with Crippen LogP contribution in [0.5, 0.6) is 0 Å². The first kappa shape index (κ1) is 21.4. The molecule has 4 N–H and O–H groups in total. The van der Waals surface area contributed by atoms with Crippen LogP contribution in [0.2, 0.25) is 5.02 Å². The second-order valence-electron chi connectivity index (χ2n) is 6.36. The van der Waals surface area contributed by atoms with Gasteiger partial charge in [0.2, 0.25) is 5.91 Å². The Morgan fingerprint density at radius 3 is 2.33 bits per heavy atom. The van der Waals surface area contributed by atoms with Gasteiger partial charge in [0.15, 0.2) is 0 Å². The summed E-state index contributed by atoms with van der Waals surface area (Å²) >= 11 is 6.01. The molecule has 0 spiro atoms. The summed E-state index contributed by atoms with van der Waals surface area (Å²) in [5.74, 6) is -1.03. The summed E-state index contributed by atoms with van der Waals surface area (Å²) in [6, 6.07) is 18.6. The van der Waals surface area contributed by atoms with E-state index in [0.29, 0.717) is 11.1 Å². The average Bonchev–Trinajstić information content (AvgIpc) is 2.74. The van der Waals surface area contributed by atoms with Gasteiger partial charge >= 0.3 is 0 Å². The van der Waals surface area contributed by atoms with Crippen molar-refractivity contribution in [2.24, 2.45) is 5.73 Å². The number of para-hydroxylation sites is 1. The third-order valence-corrected chi connectivity index (χ3v) is 5.88. The molecule has 30 heavy (non-hydrogen) atoms. The summed E-state index contributed by atoms with van der Waals surface area (Å²) in [7, 11) is -3.94. The fraction of sp³-hybridized carbons (Fsp3) is 0.0476. The van der Waals surface area contributed by atoms with Gasteiger partial charge in [0.1, 0.15) is 0 Å². The Morgan fingerprint density at radius 2 is 1.60 bits per heavy atom. The molecule has 154 valence electrons. The Bertz CT molecular complexity index is 1210. The lowest BCUT2D eigenvalue weighted by molar-refractivity contribution is 0.0950. The van der Waals surface area contributed by atoms with Gasteiger partial charge in [0.05, 0.1) is 15.6 Å². The van der Waals surface area contributed by atoms with Crippen molar-refractivity contribution in [3.8, 4) is 0 Å². The van der Waals surface area contributed by atoms with Gasteiger partial charge in [-0.3, -0.25) is 14.3 Å². The number of nitrogens with two attached hydrogens (primary N) is 1. The lowest BCUT2D eigenvalue weighted by Crippen LogP contribution is -2.23. The number of carbonyl (C=O) groups excluding carboxylic acids is 2. The largest absolute Gasteiger partial charge is 0.366 e. The van der Waals surface area contributed by atoms with Crippen LogP contribution >= 0.6 is 11.6 Å². The molecule has 0 unspecified atom stereocenters. The van der Waals surface area contributed by atoms with Crippen molar-refractivity contribution in [3.63, 3.8) is 0 Å². The highest BCUT2D eigenvalue weighted by Crippen LogP contribution is 2.24. The van der Waals surface area contributed by atoms with Crippen LogP contribution in [0.15, 0.2) is 77.7 Å². The molecule has 3 aromatic rings. The average molecular weight is 444 g/mol. The summed E-state index contributed by atoms with van der Waals surface area (Å²) in [6.45, 7) is 0.148. The highest BCUT2D eigenvalue weighted by molar-refractivity contribution is 7.92. The van der Waals surface area contributed by atoms with E-state index in [9.17, 15) is 18.0 Å². The van der Waals surface area contributed by atoms with Crippen LogP contribution in [0.25, 0.3) is 0 Å². The molecule has 0 saturated heterocycles. The highest BCUT2D eigenvalue weighted by Gasteiger charge is 2.17. The van der Waals surface area contributed by atoms with Crippen LogP contribution in [-0.4, -0.2) is 20.2 Å². The Kier molecular flexibility index (Phi) is 6.39. The van der Waals surface area contributed by atoms with Crippen LogP contribution in [0, 0.1) is 0 Å². The molecule has 3 aromatic carbocycles. The number of benzene rings is 3. The maximum atomic E-state index is 12.7. The highest BCUT2D eigenvalue weighted by atomic mass is 35.5. The summed E-state index contributed by atoms with van der Waals surface area (Å²) < 4.78 is 27.7. The predicted octanol–water partition coefficient (Wildman–Crippen LogP) is 3.17. The van der Waals surface area contributed by atoms with Crippen molar-refractivity contribution in [2.75, 3.05) is 4.72 Å². The molecule has 0 aliphatic rings. The van der Waals surface area contributed by atoms with Crippen molar-refractivity contribution in [1.29, 1.82) is 0 Å². The number of sulfonamides is 1. The zero-order valence-electron chi connectivity index (χ0n) is 15.6. The molecule has 0 saturated carbocycles. The summed E-state index contributed by atoms with van der Waals surface area (Å²) in [4.78, 5) is 23.7. The lowest BCUT2D eigenvalue weighted by Gasteiger charge is -2.11. The van der Waals surface area contributed by atoms with Crippen LogP contribution in [0.1, 0.15) is 26.3 Å². The monoisotopic (exact) mass is 443 g/mol. The number of rotatable bonds is 7. The minimum atomic E-state index is -3.94. The Morgan fingerprint density at radius 1 is 0.900 bits per heavy atom. The van der Waals surface area contributed by atoms with Crippen LogP contribution in [-0.2, 0) is 16.6 Å². The molecule has 7 nitrogen and oxygen atoms in total. The predicted molar refractivity (Wildman–Crippen MR) is 115 cm³/mol. The van der Waals surface area contributed by atoms with E-state index in [2.05, 4.69) is 10.0 Å². The van der Waals surface area contributed by atoms with E-state index in [0.717, 1.165) is 0 Å². The normalized spacial score (nSPS) is 11.0. The molecule has 0 atom stereocenters. The van der Waals surface area contributed by atoms with E-state index in [-0.39, 0.29) is 27.7 Å². The SMILES string of the molecule is NC(=O)c1cccc(CNC(=O)c2cccc(S(=O)(=O)Nc3ccccc3Cl)c2)c1. The first-order valence-corrected chi connectivity index (χ1v) is 10.7. The molecule has 0 aliphatic carbocycles. The van der Waals surface area contributed by atoms with E-state index >= 15 is 0 Å². The zero-order chi connectivity index (χ0) is 21.7. The molecular formula is C21H18ClN3O4S. The summed E-state index contributed by atoms with van der Waals surface area (Å²) in [6.07, 6.45) is 0. The van der Waals surface area contributed by atoms with E-state index in [4.69, 9.17) is 17.3 Å². The summed E-state index contributed by atoms with van der Waals surface area (Å²) in [5.41, 5.74) is 6.68. The first-order valence-electron chi connectivity index (χ1n) is 8.80. The first-order chi connectivity index (χ1) is 14.3. The Balaban J connectivity index is 1.74. The second kappa shape index (κ2) is 8.98. The van der Waals surface area contributed by atoms with Crippen molar-refractivity contribution < 1.29 is 18.0 Å². The fourth-order valence-corrected chi connectivity index (χ4v) is 4.04. The van der Waals surface area contributed by atoms with E-state index in [1.807, 2.05) is 0 Å². The lowest BCUT2D eigenvalue weighted by atomic mass is 10.1. The molecule has 9 heteroatoms. The number of nitrogens with one attached hydrogen (secondary N) is 2. The van der Waals surface area contributed by atoms with Gasteiger partial charge in [-0.15, -0.1) is 0 Å². The smallest absolute Gasteiger partial charge is 0.261 e. The van der Waals surface area contributed by atoms with Crippen LogP contribution in [0.3, 0.4) is 0 Å². The molecule has 0 aromatic heterocycles. The zero-order valence-corrected chi connectivity index (χ0v) is 17.2. The van der Waals surface area contributed by atoms with Gasteiger partial charge in [-0.1, -0.05) is 41.9 Å². The molecule has 0 radical (unpaired) electrons. The van der Waals surface area contributed by atoms with Crippen molar-refractivity contribution in [1.82, 2.24) is 5.32 Å². The van der Waals surface area contributed by atoms with E-state index in [1.165, 1.54) is 30.3 Å². The van der Waals surface area contributed by atoms with Crippen molar-refractivity contribution in [3.05, 3.63) is 94.5 Å². The minimum Gasteiger partial charge on any atom is -0.366 e. The standard InChI is InChI=1S/C21H18ClN3O4S/c22-18-9-1-2-10-19(18)25-30(28,29)17-8-4-7-16(12-17)21(27)24-13-14-5-3-6-15(11-14)20(23)26/h1-12,25H,13H2,(H2,23,26)(H,24,27). The Hall–Kier alpha value is -3.36. The van der Waals surface area contributed by atoms with Gasteiger partial charge in [-0.25, -0.2) is 8.42 Å². The second-order valence-corrected chi connectivity index (χ2v) is 8.45. The number of halogens is 1. The molecule has 0 fully saturated rings. The molecular weight excluding hydrogens is 426 g/mol. The van der Waals surface area contributed by atoms with Gasteiger partial charge in [-0.05, 0) is 48.0 Å². The van der Waals surface area contributed by atoms with Gasteiger partial charge in [0, 0.05) is 17.7 Å². The number of anilines is 1. The third kappa shape index (κ3) is 5.16. The van der Waals surface area contributed by atoms with Gasteiger partial charge in [0.25, 0.3) is 15.9 Å². The molecule has 3 rings (SSSR count). The summed E-state index contributed by atoms with van der Waals surface area (Å²) in [5, 5.41) is 2.95.